The summed E-state index contributed by atoms with van der Waals surface area (Å²) >= 11 is 0. The topological polar surface area (TPSA) is 121 Å². The Bertz CT molecular complexity index is 514. The normalized spacial score (nSPS) is 12.6. The van der Waals surface area contributed by atoms with Crippen molar-refractivity contribution in [3.05, 3.63) is 0 Å². The lowest BCUT2D eigenvalue weighted by atomic mass is 9.89. The van der Waals surface area contributed by atoms with Gasteiger partial charge >= 0.3 is 11.9 Å². The summed E-state index contributed by atoms with van der Waals surface area (Å²) in [5.41, 5.74) is 0. The molecule has 8 heteroatoms. The number of esters is 2. The number of hydrogen-bond acceptors (Lipinski definition) is 8. The van der Waals surface area contributed by atoms with E-state index in [-0.39, 0.29) is 38.9 Å². The maximum atomic E-state index is 12.2. The van der Waals surface area contributed by atoms with Crippen LogP contribution in [0.3, 0.4) is 0 Å². The van der Waals surface area contributed by atoms with Crippen LogP contribution in [0.5, 0.6) is 0 Å². The van der Waals surface area contributed by atoms with Crippen LogP contribution >= 0.6 is 0 Å². The van der Waals surface area contributed by atoms with Gasteiger partial charge in [-0.1, -0.05) is 0 Å². The molecule has 146 valence electrons. The van der Waals surface area contributed by atoms with Crippen LogP contribution in [0.2, 0.25) is 0 Å². The zero-order chi connectivity index (χ0) is 20.3. The molecule has 0 N–H and O–H groups in total. The minimum atomic E-state index is -1.18. The van der Waals surface area contributed by atoms with Crippen LogP contribution < -0.4 is 0 Å². The van der Waals surface area contributed by atoms with Gasteiger partial charge < -0.3 is 9.47 Å². The Hall–Kier alpha value is -2.38. The van der Waals surface area contributed by atoms with Crippen molar-refractivity contribution in [3.63, 3.8) is 0 Å². The molecule has 0 radical (unpaired) electrons. The highest BCUT2D eigenvalue weighted by Crippen LogP contribution is 2.16. The molecular weight excluding hydrogens is 344 g/mol. The molecule has 0 aliphatic rings. The standard InChI is InChI=1S/C18H26O8/c1-5-25-17(23)9-13(11(3)19)15(21)7-8-16(22)14(12(4)20)10-18(24)26-6-2/h13-14H,5-10H2,1-4H3. The van der Waals surface area contributed by atoms with Crippen molar-refractivity contribution in [2.45, 2.75) is 53.4 Å². The van der Waals surface area contributed by atoms with Crippen LogP contribution in [0.1, 0.15) is 53.4 Å². The van der Waals surface area contributed by atoms with E-state index >= 15 is 0 Å². The molecule has 2 unspecified atom stereocenters. The predicted octanol–water partition coefficient (Wildman–Crippen LogP) is 1.22. The van der Waals surface area contributed by atoms with Gasteiger partial charge in [0.2, 0.25) is 0 Å². The molecule has 8 nitrogen and oxygen atoms in total. The Labute approximate surface area is 152 Å². The molecule has 0 rings (SSSR count). The third kappa shape index (κ3) is 8.64. The number of ether oxygens (including phenoxy) is 2. The van der Waals surface area contributed by atoms with Crippen LogP contribution in [0.15, 0.2) is 0 Å². The number of ketones is 4. The van der Waals surface area contributed by atoms with E-state index in [2.05, 4.69) is 0 Å². The average molecular weight is 370 g/mol. The van der Waals surface area contributed by atoms with Gasteiger partial charge in [0.25, 0.3) is 0 Å². The molecule has 0 bridgehead atoms. The Morgan fingerprint density at radius 3 is 1.19 bits per heavy atom. The summed E-state index contributed by atoms with van der Waals surface area (Å²) in [7, 11) is 0. The van der Waals surface area contributed by atoms with E-state index in [0.29, 0.717) is 0 Å². The first kappa shape index (κ1) is 23.6. The van der Waals surface area contributed by atoms with Gasteiger partial charge in [-0.25, -0.2) is 0 Å². The Balaban J connectivity index is 4.83. The number of carbonyl (C=O) groups excluding carboxylic acids is 6. The molecule has 26 heavy (non-hydrogen) atoms. The quantitative estimate of drug-likeness (QED) is 0.350. The number of rotatable bonds is 13. The molecule has 0 amide bonds. The highest BCUT2D eigenvalue weighted by atomic mass is 16.5. The fourth-order valence-electron chi connectivity index (χ4n) is 2.34. The summed E-state index contributed by atoms with van der Waals surface area (Å²) in [6.45, 7) is 5.83. The Morgan fingerprint density at radius 2 is 0.962 bits per heavy atom. The number of Topliss-reactive ketones (excluding diaryl/α,β-unsaturated/α-hetero) is 4. The van der Waals surface area contributed by atoms with E-state index in [1.165, 1.54) is 13.8 Å². The van der Waals surface area contributed by atoms with Gasteiger partial charge in [0.15, 0.2) is 0 Å². The van der Waals surface area contributed by atoms with Gasteiger partial charge in [-0.2, -0.15) is 0 Å². The second-order valence-corrected chi connectivity index (χ2v) is 5.78. The van der Waals surface area contributed by atoms with E-state index in [1.807, 2.05) is 0 Å². The SMILES string of the molecule is CCOC(=O)CC(C(C)=O)C(=O)CCC(=O)C(CC(=O)OCC)C(C)=O. The van der Waals surface area contributed by atoms with Crippen molar-refractivity contribution in [1.82, 2.24) is 0 Å². The van der Waals surface area contributed by atoms with Crippen LogP contribution in [-0.2, 0) is 38.2 Å². The molecule has 0 saturated carbocycles. The summed E-state index contributed by atoms with van der Waals surface area (Å²) in [4.78, 5) is 70.6. The van der Waals surface area contributed by atoms with Gasteiger partial charge in [0, 0.05) is 12.8 Å². The van der Waals surface area contributed by atoms with Crippen molar-refractivity contribution in [1.29, 1.82) is 0 Å². The minimum Gasteiger partial charge on any atom is -0.466 e. The number of carbonyl (C=O) groups is 6. The monoisotopic (exact) mass is 370 g/mol. The highest BCUT2D eigenvalue weighted by molar-refractivity contribution is 6.07. The van der Waals surface area contributed by atoms with Gasteiger partial charge in [-0.15, -0.1) is 0 Å². The second kappa shape index (κ2) is 12.1. The second-order valence-electron chi connectivity index (χ2n) is 5.78. The van der Waals surface area contributed by atoms with Crippen molar-refractivity contribution >= 4 is 35.1 Å². The largest absolute Gasteiger partial charge is 0.466 e. The molecule has 0 fully saturated rings. The fourth-order valence-corrected chi connectivity index (χ4v) is 2.34. The van der Waals surface area contributed by atoms with Crippen molar-refractivity contribution < 1.29 is 38.2 Å². The lowest BCUT2D eigenvalue weighted by Crippen LogP contribution is -2.29. The third-order valence-electron chi connectivity index (χ3n) is 3.73. The highest BCUT2D eigenvalue weighted by Gasteiger charge is 2.30. The molecule has 2 atom stereocenters. The maximum absolute atomic E-state index is 12.2. The van der Waals surface area contributed by atoms with Gasteiger partial charge in [0.1, 0.15) is 23.1 Å². The fraction of sp³-hybridized carbons (Fsp3) is 0.667. The van der Waals surface area contributed by atoms with Gasteiger partial charge in [0.05, 0.1) is 37.9 Å². The summed E-state index contributed by atoms with van der Waals surface area (Å²) in [6.07, 6.45) is -1.35. The summed E-state index contributed by atoms with van der Waals surface area (Å²) in [5.74, 6) is -5.83. The van der Waals surface area contributed by atoms with Crippen molar-refractivity contribution in [2.24, 2.45) is 11.8 Å². The van der Waals surface area contributed by atoms with Gasteiger partial charge in [-0.3, -0.25) is 28.8 Å². The maximum Gasteiger partial charge on any atom is 0.306 e. The molecule has 0 spiro atoms. The van der Waals surface area contributed by atoms with Crippen LogP contribution in [-0.4, -0.2) is 48.3 Å². The van der Waals surface area contributed by atoms with E-state index in [1.54, 1.807) is 13.8 Å². The molecule has 0 aromatic carbocycles. The molecule has 0 saturated heterocycles. The Kier molecular flexibility index (Phi) is 10.9. The van der Waals surface area contributed by atoms with Crippen LogP contribution in [0, 0.1) is 11.8 Å². The smallest absolute Gasteiger partial charge is 0.306 e. The molecule has 0 aromatic rings. The van der Waals surface area contributed by atoms with Crippen LogP contribution in [0.25, 0.3) is 0 Å². The molecule has 0 heterocycles. The average Bonchev–Trinajstić information content (AvgIpc) is 2.55. The minimum absolute atomic E-state index is 0.129. The predicted molar refractivity (Wildman–Crippen MR) is 90.1 cm³/mol. The lowest BCUT2D eigenvalue weighted by molar-refractivity contribution is -0.149. The van der Waals surface area contributed by atoms with Crippen molar-refractivity contribution in [2.75, 3.05) is 13.2 Å². The third-order valence-corrected chi connectivity index (χ3v) is 3.73. The van der Waals surface area contributed by atoms with E-state index in [0.717, 1.165) is 0 Å². The molecule has 0 aliphatic carbocycles. The van der Waals surface area contributed by atoms with Gasteiger partial charge in [-0.05, 0) is 27.7 Å². The van der Waals surface area contributed by atoms with Crippen molar-refractivity contribution in [3.8, 4) is 0 Å². The first-order chi connectivity index (χ1) is 12.1. The summed E-state index contributed by atoms with van der Waals surface area (Å²) in [6, 6.07) is 0. The summed E-state index contributed by atoms with van der Waals surface area (Å²) in [5, 5.41) is 0. The Morgan fingerprint density at radius 1 is 0.654 bits per heavy atom. The summed E-state index contributed by atoms with van der Waals surface area (Å²) < 4.78 is 9.46. The molecule has 0 aliphatic heterocycles. The molecular formula is C18H26O8. The first-order valence-corrected chi connectivity index (χ1v) is 8.51. The van der Waals surface area contributed by atoms with E-state index in [4.69, 9.17) is 9.47 Å². The van der Waals surface area contributed by atoms with E-state index in [9.17, 15) is 28.8 Å². The van der Waals surface area contributed by atoms with Crippen LogP contribution in [0.4, 0.5) is 0 Å². The zero-order valence-corrected chi connectivity index (χ0v) is 15.7. The number of hydrogen-bond donors (Lipinski definition) is 0. The molecule has 0 aromatic heterocycles. The lowest BCUT2D eigenvalue weighted by Gasteiger charge is -2.14. The zero-order valence-electron chi connectivity index (χ0n) is 15.7. The van der Waals surface area contributed by atoms with E-state index < -0.39 is 46.9 Å². The first-order valence-electron chi connectivity index (χ1n) is 8.51.